The van der Waals surface area contributed by atoms with E-state index in [-0.39, 0.29) is 17.5 Å². The molecule has 1 aliphatic carbocycles. The van der Waals surface area contributed by atoms with Crippen LogP contribution in [0.4, 0.5) is 0 Å². The molecular weight excluding hydrogens is 176 g/mol. The zero-order valence-electron chi connectivity index (χ0n) is 8.88. The number of rotatable bonds is 4. The molecular formula is C11H20N2O. The predicted molar refractivity (Wildman–Crippen MR) is 57.8 cm³/mol. The van der Waals surface area contributed by atoms with Gasteiger partial charge in [0.25, 0.3) is 0 Å². The summed E-state index contributed by atoms with van der Waals surface area (Å²) in [6.07, 6.45) is 6.42. The standard InChI is InChI=1S/C11H20N2O/c1-3-9(2)13-10(14)8-11(12)6-4-5-7-11/h3,9H,1,4-8,12H2,2H3,(H,13,14). The van der Waals surface area contributed by atoms with Crippen LogP contribution in [-0.4, -0.2) is 17.5 Å². The third kappa shape index (κ3) is 3.14. The Morgan fingerprint density at radius 3 is 2.71 bits per heavy atom. The zero-order chi connectivity index (χ0) is 10.6. The molecule has 1 unspecified atom stereocenters. The summed E-state index contributed by atoms with van der Waals surface area (Å²) in [4.78, 5) is 11.5. The highest BCUT2D eigenvalue weighted by molar-refractivity contribution is 5.77. The second kappa shape index (κ2) is 4.60. The summed E-state index contributed by atoms with van der Waals surface area (Å²) < 4.78 is 0. The lowest BCUT2D eigenvalue weighted by atomic mass is 9.94. The van der Waals surface area contributed by atoms with Crippen molar-refractivity contribution in [3.05, 3.63) is 12.7 Å². The maximum Gasteiger partial charge on any atom is 0.222 e. The quantitative estimate of drug-likeness (QED) is 0.667. The Hall–Kier alpha value is -0.830. The maximum absolute atomic E-state index is 11.5. The van der Waals surface area contributed by atoms with E-state index in [9.17, 15) is 4.79 Å². The Morgan fingerprint density at radius 1 is 1.64 bits per heavy atom. The van der Waals surface area contributed by atoms with Gasteiger partial charge in [0, 0.05) is 18.0 Å². The summed E-state index contributed by atoms with van der Waals surface area (Å²) in [5.74, 6) is 0.0433. The number of hydrogen-bond donors (Lipinski definition) is 2. The lowest BCUT2D eigenvalue weighted by Gasteiger charge is -2.23. The summed E-state index contributed by atoms with van der Waals surface area (Å²) in [6.45, 7) is 5.52. The molecule has 3 heteroatoms. The number of nitrogens with two attached hydrogens (primary N) is 1. The van der Waals surface area contributed by atoms with Crippen LogP contribution in [0.2, 0.25) is 0 Å². The van der Waals surface area contributed by atoms with Gasteiger partial charge < -0.3 is 11.1 Å². The summed E-state index contributed by atoms with van der Waals surface area (Å²) in [5, 5.41) is 2.84. The average Bonchev–Trinajstić information content (AvgIpc) is 2.51. The molecule has 1 aliphatic rings. The van der Waals surface area contributed by atoms with Crippen molar-refractivity contribution in [2.24, 2.45) is 5.73 Å². The number of nitrogens with one attached hydrogen (secondary N) is 1. The molecule has 0 spiro atoms. The fourth-order valence-corrected chi connectivity index (χ4v) is 1.94. The number of carbonyl (C=O) groups excluding carboxylic acids is 1. The molecule has 0 saturated heterocycles. The van der Waals surface area contributed by atoms with Crippen molar-refractivity contribution < 1.29 is 4.79 Å². The van der Waals surface area contributed by atoms with E-state index in [1.807, 2.05) is 6.92 Å². The van der Waals surface area contributed by atoms with E-state index < -0.39 is 0 Å². The van der Waals surface area contributed by atoms with Gasteiger partial charge in [-0.15, -0.1) is 6.58 Å². The molecule has 0 aromatic rings. The van der Waals surface area contributed by atoms with Crippen molar-refractivity contribution in [1.82, 2.24) is 5.32 Å². The average molecular weight is 196 g/mol. The van der Waals surface area contributed by atoms with Crippen LogP contribution >= 0.6 is 0 Å². The first-order chi connectivity index (χ1) is 6.56. The van der Waals surface area contributed by atoms with Crippen LogP contribution in [0.3, 0.4) is 0 Å². The van der Waals surface area contributed by atoms with Crippen LogP contribution in [0.15, 0.2) is 12.7 Å². The number of amides is 1. The smallest absolute Gasteiger partial charge is 0.222 e. The molecule has 3 N–H and O–H groups in total. The molecule has 80 valence electrons. The van der Waals surface area contributed by atoms with Gasteiger partial charge in [-0.05, 0) is 19.8 Å². The maximum atomic E-state index is 11.5. The highest BCUT2D eigenvalue weighted by atomic mass is 16.1. The Labute approximate surface area is 85.7 Å². The van der Waals surface area contributed by atoms with Crippen LogP contribution in [0.5, 0.6) is 0 Å². The molecule has 0 aliphatic heterocycles. The first-order valence-electron chi connectivity index (χ1n) is 5.26. The molecule has 0 bridgehead atoms. The Morgan fingerprint density at radius 2 is 2.21 bits per heavy atom. The molecule has 0 aromatic heterocycles. The van der Waals surface area contributed by atoms with E-state index in [0.717, 1.165) is 25.7 Å². The molecule has 1 fully saturated rings. The molecule has 0 aromatic carbocycles. The Balaban J connectivity index is 2.36. The van der Waals surface area contributed by atoms with Crippen molar-refractivity contribution in [1.29, 1.82) is 0 Å². The molecule has 1 amide bonds. The van der Waals surface area contributed by atoms with Crippen LogP contribution in [0.1, 0.15) is 39.0 Å². The zero-order valence-corrected chi connectivity index (χ0v) is 8.88. The van der Waals surface area contributed by atoms with E-state index in [1.54, 1.807) is 6.08 Å². The number of carbonyl (C=O) groups is 1. The van der Waals surface area contributed by atoms with Crippen molar-refractivity contribution in [3.63, 3.8) is 0 Å². The molecule has 1 atom stereocenters. The normalized spacial score (nSPS) is 21.6. The fourth-order valence-electron chi connectivity index (χ4n) is 1.94. The Bertz CT molecular complexity index is 219. The van der Waals surface area contributed by atoms with E-state index in [0.29, 0.717) is 6.42 Å². The van der Waals surface area contributed by atoms with Gasteiger partial charge in [0.2, 0.25) is 5.91 Å². The molecule has 1 saturated carbocycles. The third-order valence-corrected chi connectivity index (χ3v) is 2.85. The van der Waals surface area contributed by atoms with Crippen molar-refractivity contribution in [2.45, 2.75) is 50.6 Å². The van der Waals surface area contributed by atoms with Gasteiger partial charge >= 0.3 is 0 Å². The summed E-state index contributed by atoms with van der Waals surface area (Å²) in [6, 6.07) is 0.0347. The Kier molecular flexibility index (Phi) is 3.69. The molecule has 0 radical (unpaired) electrons. The van der Waals surface area contributed by atoms with Crippen LogP contribution in [0, 0.1) is 0 Å². The second-order valence-electron chi connectivity index (χ2n) is 4.34. The molecule has 1 rings (SSSR count). The van der Waals surface area contributed by atoms with Crippen molar-refractivity contribution >= 4 is 5.91 Å². The SMILES string of the molecule is C=CC(C)NC(=O)CC1(N)CCCC1. The molecule has 0 heterocycles. The van der Waals surface area contributed by atoms with Crippen molar-refractivity contribution in [3.8, 4) is 0 Å². The predicted octanol–water partition coefficient (Wildman–Crippen LogP) is 1.34. The van der Waals surface area contributed by atoms with Gasteiger partial charge in [0.15, 0.2) is 0 Å². The van der Waals surface area contributed by atoms with E-state index in [4.69, 9.17) is 5.73 Å². The lowest BCUT2D eigenvalue weighted by Crippen LogP contribution is -2.43. The van der Waals surface area contributed by atoms with Gasteiger partial charge in [0.1, 0.15) is 0 Å². The van der Waals surface area contributed by atoms with E-state index in [1.165, 1.54) is 0 Å². The molecule has 3 nitrogen and oxygen atoms in total. The largest absolute Gasteiger partial charge is 0.350 e. The van der Waals surface area contributed by atoms with Gasteiger partial charge in [-0.25, -0.2) is 0 Å². The topological polar surface area (TPSA) is 55.1 Å². The van der Waals surface area contributed by atoms with Gasteiger partial charge in [-0.2, -0.15) is 0 Å². The fraction of sp³-hybridized carbons (Fsp3) is 0.727. The minimum absolute atomic E-state index is 0.0347. The van der Waals surface area contributed by atoms with Crippen LogP contribution in [-0.2, 0) is 4.79 Å². The highest BCUT2D eigenvalue weighted by Crippen LogP contribution is 2.29. The lowest BCUT2D eigenvalue weighted by molar-refractivity contribution is -0.122. The third-order valence-electron chi connectivity index (χ3n) is 2.85. The monoisotopic (exact) mass is 196 g/mol. The minimum Gasteiger partial charge on any atom is -0.350 e. The van der Waals surface area contributed by atoms with E-state index in [2.05, 4.69) is 11.9 Å². The van der Waals surface area contributed by atoms with Gasteiger partial charge in [-0.1, -0.05) is 18.9 Å². The molecule has 14 heavy (non-hydrogen) atoms. The van der Waals surface area contributed by atoms with Gasteiger partial charge in [0.05, 0.1) is 0 Å². The van der Waals surface area contributed by atoms with Crippen LogP contribution in [0.25, 0.3) is 0 Å². The highest BCUT2D eigenvalue weighted by Gasteiger charge is 2.31. The second-order valence-corrected chi connectivity index (χ2v) is 4.34. The van der Waals surface area contributed by atoms with Crippen molar-refractivity contribution in [2.75, 3.05) is 0 Å². The number of hydrogen-bond acceptors (Lipinski definition) is 2. The first-order valence-corrected chi connectivity index (χ1v) is 5.26. The summed E-state index contributed by atoms with van der Waals surface area (Å²) >= 11 is 0. The minimum atomic E-state index is -0.245. The van der Waals surface area contributed by atoms with Gasteiger partial charge in [-0.3, -0.25) is 4.79 Å². The summed E-state index contributed by atoms with van der Waals surface area (Å²) in [5.41, 5.74) is 5.85. The van der Waals surface area contributed by atoms with Crippen LogP contribution < -0.4 is 11.1 Å². The summed E-state index contributed by atoms with van der Waals surface area (Å²) in [7, 11) is 0. The van der Waals surface area contributed by atoms with E-state index >= 15 is 0 Å². The first kappa shape index (κ1) is 11.2.